The molecule has 7 heteroatoms. The van der Waals surface area contributed by atoms with E-state index in [9.17, 15) is 9.59 Å². The molecule has 0 N–H and O–H groups in total. The molecule has 5 rings (SSSR count). The molecule has 32 heavy (non-hydrogen) atoms. The Morgan fingerprint density at radius 2 is 1.69 bits per heavy atom. The second-order valence-corrected chi connectivity index (χ2v) is 9.11. The first kappa shape index (κ1) is 20.9. The molecule has 3 aliphatic rings. The molecule has 0 radical (unpaired) electrons. The van der Waals surface area contributed by atoms with Gasteiger partial charge < -0.3 is 9.47 Å². The van der Waals surface area contributed by atoms with Crippen LogP contribution in [0.5, 0.6) is 11.5 Å². The summed E-state index contributed by atoms with van der Waals surface area (Å²) in [7, 11) is 0. The lowest BCUT2D eigenvalue weighted by atomic mass is 9.85. The fourth-order valence-electron chi connectivity index (χ4n) is 4.89. The van der Waals surface area contributed by atoms with Crippen molar-refractivity contribution < 1.29 is 19.1 Å². The molecule has 1 saturated heterocycles. The van der Waals surface area contributed by atoms with Gasteiger partial charge in [0.25, 0.3) is 11.8 Å². The average molecular weight is 495 g/mol. The minimum atomic E-state index is -0.258. The van der Waals surface area contributed by atoms with Crippen LogP contribution in [0, 0.1) is 23.7 Å². The van der Waals surface area contributed by atoms with E-state index >= 15 is 0 Å². The summed E-state index contributed by atoms with van der Waals surface area (Å²) in [4.78, 5) is 25.7. The molecule has 1 aliphatic heterocycles. The Balaban J connectivity index is 1.36. The van der Waals surface area contributed by atoms with E-state index < -0.39 is 0 Å². The van der Waals surface area contributed by atoms with Gasteiger partial charge in [-0.1, -0.05) is 42.5 Å². The number of halogens is 1. The van der Waals surface area contributed by atoms with Crippen molar-refractivity contribution in [1.82, 2.24) is 5.01 Å². The molecule has 1 saturated carbocycles. The van der Waals surface area contributed by atoms with Gasteiger partial charge in [0.05, 0.1) is 24.7 Å². The van der Waals surface area contributed by atoms with E-state index in [1.165, 1.54) is 6.21 Å². The maximum atomic E-state index is 12.8. The number of fused-ring (bicyclic) bond motifs is 5. The number of amides is 2. The highest BCUT2D eigenvalue weighted by Gasteiger charge is 2.59. The van der Waals surface area contributed by atoms with Crippen LogP contribution in [0.1, 0.15) is 24.5 Å². The molecule has 2 aromatic rings. The summed E-state index contributed by atoms with van der Waals surface area (Å²) in [5.74, 6) is 0.597. The van der Waals surface area contributed by atoms with Crippen LogP contribution in [0.2, 0.25) is 0 Å². The van der Waals surface area contributed by atoms with Crippen LogP contribution in [0.15, 0.2) is 64.2 Å². The van der Waals surface area contributed by atoms with Crippen molar-refractivity contribution in [2.75, 3.05) is 6.61 Å². The number of carbonyl (C=O) groups is 2. The standard InChI is InChI=1S/C25H23BrN2O4/c1-2-31-20-11-18(19(26)12-21(20)32-14-15-6-4-3-5-7-15)13-27-28-24(29)22-16-8-9-17(10-16)23(22)25(28)30/h3-9,11-13,16-17,22-23H,2,10,14H2,1H3/t16-,17-,22-,23+/m0/s1. The molecule has 164 valence electrons. The topological polar surface area (TPSA) is 68.2 Å². The third-order valence-electron chi connectivity index (χ3n) is 6.36. The van der Waals surface area contributed by atoms with Crippen LogP contribution in [0.4, 0.5) is 0 Å². The first-order chi connectivity index (χ1) is 15.6. The normalized spacial score (nSPS) is 25.8. The number of rotatable bonds is 7. The average Bonchev–Trinajstić information content (AvgIpc) is 3.48. The van der Waals surface area contributed by atoms with E-state index in [-0.39, 0.29) is 35.5 Å². The quantitative estimate of drug-likeness (QED) is 0.321. The van der Waals surface area contributed by atoms with E-state index in [1.807, 2.05) is 43.3 Å². The molecule has 0 spiro atoms. The van der Waals surface area contributed by atoms with Gasteiger partial charge in [0.15, 0.2) is 11.5 Å². The zero-order chi connectivity index (χ0) is 22.2. The molecule has 4 atom stereocenters. The van der Waals surface area contributed by atoms with Gasteiger partial charge in [0.2, 0.25) is 0 Å². The molecule has 2 bridgehead atoms. The van der Waals surface area contributed by atoms with Crippen LogP contribution in [-0.2, 0) is 16.2 Å². The summed E-state index contributed by atoms with van der Waals surface area (Å²) >= 11 is 3.55. The van der Waals surface area contributed by atoms with Crippen molar-refractivity contribution in [1.29, 1.82) is 0 Å². The fraction of sp³-hybridized carbons (Fsp3) is 0.320. The predicted octanol–water partition coefficient (Wildman–Crippen LogP) is 4.57. The van der Waals surface area contributed by atoms with E-state index in [0.29, 0.717) is 30.3 Å². The molecular formula is C25H23BrN2O4. The number of hydrogen-bond donors (Lipinski definition) is 0. The highest BCUT2D eigenvalue weighted by molar-refractivity contribution is 9.10. The van der Waals surface area contributed by atoms with Gasteiger partial charge in [0, 0.05) is 10.0 Å². The van der Waals surface area contributed by atoms with Gasteiger partial charge in [0.1, 0.15) is 6.61 Å². The lowest BCUT2D eigenvalue weighted by Gasteiger charge is -2.14. The Morgan fingerprint density at radius 1 is 1.03 bits per heavy atom. The molecule has 0 aromatic heterocycles. The molecule has 2 amide bonds. The zero-order valence-electron chi connectivity index (χ0n) is 17.6. The number of carbonyl (C=O) groups excluding carboxylic acids is 2. The van der Waals surface area contributed by atoms with E-state index in [0.717, 1.165) is 21.5 Å². The van der Waals surface area contributed by atoms with E-state index in [2.05, 4.69) is 33.2 Å². The first-order valence-corrected chi connectivity index (χ1v) is 11.6. The molecule has 2 fully saturated rings. The maximum absolute atomic E-state index is 12.8. The second kappa shape index (κ2) is 8.54. The van der Waals surface area contributed by atoms with Crippen molar-refractivity contribution in [3.05, 3.63) is 70.2 Å². The van der Waals surface area contributed by atoms with Crippen LogP contribution in [0.25, 0.3) is 0 Å². The Hall–Kier alpha value is -2.93. The fourth-order valence-corrected chi connectivity index (χ4v) is 5.31. The summed E-state index contributed by atoms with van der Waals surface area (Å²) in [6.45, 7) is 2.79. The largest absolute Gasteiger partial charge is 0.490 e. The van der Waals surface area contributed by atoms with Crippen LogP contribution in [0.3, 0.4) is 0 Å². The number of ether oxygens (including phenoxy) is 2. The number of allylic oxidation sites excluding steroid dienone is 2. The number of nitrogens with zero attached hydrogens (tertiary/aromatic N) is 2. The smallest absolute Gasteiger partial charge is 0.254 e. The number of imide groups is 1. The van der Waals surface area contributed by atoms with Crippen molar-refractivity contribution in [2.45, 2.75) is 20.0 Å². The maximum Gasteiger partial charge on any atom is 0.254 e. The van der Waals surface area contributed by atoms with Gasteiger partial charge >= 0.3 is 0 Å². The van der Waals surface area contributed by atoms with Gasteiger partial charge in [-0.2, -0.15) is 10.1 Å². The van der Waals surface area contributed by atoms with E-state index in [4.69, 9.17) is 9.47 Å². The van der Waals surface area contributed by atoms with Crippen LogP contribution < -0.4 is 9.47 Å². The Labute approximate surface area is 195 Å². The molecule has 0 unspecified atom stereocenters. The SMILES string of the molecule is CCOc1cc(C=NN2C(=O)[C@@H]3[C@H](C2=O)[C@H]2C=C[C@H]3C2)c(Br)cc1OCc1ccccc1. The van der Waals surface area contributed by atoms with Gasteiger partial charge in [-0.25, -0.2) is 0 Å². The summed E-state index contributed by atoms with van der Waals surface area (Å²) in [5, 5.41) is 5.32. The van der Waals surface area contributed by atoms with Gasteiger partial charge in [-0.3, -0.25) is 9.59 Å². The number of hydrogen-bond acceptors (Lipinski definition) is 5. The van der Waals surface area contributed by atoms with Crippen molar-refractivity contribution >= 4 is 34.0 Å². The zero-order valence-corrected chi connectivity index (χ0v) is 19.2. The molecule has 2 aromatic carbocycles. The molecule has 1 heterocycles. The third-order valence-corrected chi connectivity index (χ3v) is 7.05. The van der Waals surface area contributed by atoms with Crippen LogP contribution >= 0.6 is 15.9 Å². The van der Waals surface area contributed by atoms with Crippen LogP contribution in [-0.4, -0.2) is 29.6 Å². The second-order valence-electron chi connectivity index (χ2n) is 8.26. The minimum absolute atomic E-state index is 0.166. The molecular weight excluding hydrogens is 472 g/mol. The lowest BCUT2D eigenvalue weighted by molar-refractivity contribution is -0.140. The lowest BCUT2D eigenvalue weighted by Crippen LogP contribution is -2.28. The van der Waals surface area contributed by atoms with E-state index in [1.54, 1.807) is 6.07 Å². The summed E-state index contributed by atoms with van der Waals surface area (Å²) in [5.41, 5.74) is 1.75. The van der Waals surface area contributed by atoms with Crippen molar-refractivity contribution in [3.63, 3.8) is 0 Å². The minimum Gasteiger partial charge on any atom is -0.490 e. The highest BCUT2D eigenvalue weighted by Crippen LogP contribution is 2.52. The molecule has 2 aliphatic carbocycles. The highest BCUT2D eigenvalue weighted by atomic mass is 79.9. The third kappa shape index (κ3) is 3.64. The Kier molecular flexibility index (Phi) is 5.59. The number of benzene rings is 2. The summed E-state index contributed by atoms with van der Waals surface area (Å²) in [6, 6.07) is 13.5. The van der Waals surface area contributed by atoms with Gasteiger partial charge in [-0.15, -0.1) is 0 Å². The summed E-state index contributed by atoms with van der Waals surface area (Å²) < 4.78 is 12.5. The summed E-state index contributed by atoms with van der Waals surface area (Å²) in [6.07, 6.45) is 6.57. The van der Waals surface area contributed by atoms with Gasteiger partial charge in [-0.05, 0) is 58.8 Å². The van der Waals surface area contributed by atoms with Crippen molar-refractivity contribution in [2.24, 2.45) is 28.8 Å². The first-order valence-electron chi connectivity index (χ1n) is 10.8. The molecule has 6 nitrogen and oxygen atoms in total. The Bertz CT molecular complexity index is 1080. The predicted molar refractivity (Wildman–Crippen MR) is 123 cm³/mol. The number of hydrazone groups is 1. The Morgan fingerprint density at radius 3 is 2.34 bits per heavy atom. The van der Waals surface area contributed by atoms with Crippen molar-refractivity contribution in [3.8, 4) is 11.5 Å². The monoisotopic (exact) mass is 494 g/mol.